The van der Waals surface area contributed by atoms with Crippen LogP contribution in [0.15, 0.2) is 36.5 Å². The molecule has 5 heteroatoms. The van der Waals surface area contributed by atoms with Crippen molar-refractivity contribution in [2.24, 2.45) is 12.8 Å². The van der Waals surface area contributed by atoms with Crippen LogP contribution < -0.4 is 5.73 Å². The molecule has 0 aliphatic heterocycles. The molecule has 0 atom stereocenters. The molecule has 0 bridgehead atoms. The van der Waals surface area contributed by atoms with Crippen LogP contribution in [-0.2, 0) is 13.6 Å². The zero-order chi connectivity index (χ0) is 9.97. The van der Waals surface area contributed by atoms with E-state index in [1.807, 2.05) is 43.6 Å². The highest BCUT2D eigenvalue weighted by molar-refractivity contribution is 5.85. The van der Waals surface area contributed by atoms with Gasteiger partial charge >= 0.3 is 0 Å². The minimum Gasteiger partial charge on any atom is -0.326 e. The van der Waals surface area contributed by atoms with Crippen molar-refractivity contribution in [3.8, 4) is 11.3 Å². The fourth-order valence-corrected chi connectivity index (χ4v) is 1.38. The van der Waals surface area contributed by atoms with Gasteiger partial charge in [0.25, 0.3) is 0 Å². The van der Waals surface area contributed by atoms with Gasteiger partial charge < -0.3 is 5.73 Å². The van der Waals surface area contributed by atoms with Gasteiger partial charge in [-0.3, -0.25) is 4.68 Å². The molecule has 3 nitrogen and oxygen atoms in total. The maximum atomic E-state index is 5.52. The van der Waals surface area contributed by atoms with Crippen LogP contribution in [0.4, 0.5) is 0 Å². The van der Waals surface area contributed by atoms with E-state index in [4.69, 9.17) is 5.73 Å². The average Bonchev–Trinajstić information content (AvgIpc) is 2.65. The molecule has 2 rings (SSSR count). The van der Waals surface area contributed by atoms with Gasteiger partial charge in [-0.2, -0.15) is 5.10 Å². The number of rotatable bonds is 2. The van der Waals surface area contributed by atoms with E-state index in [-0.39, 0.29) is 24.8 Å². The number of aromatic nitrogens is 2. The lowest BCUT2D eigenvalue weighted by Gasteiger charge is -1.98. The molecule has 0 saturated carbocycles. The van der Waals surface area contributed by atoms with Gasteiger partial charge in [-0.15, -0.1) is 24.8 Å². The third kappa shape index (κ3) is 3.23. The summed E-state index contributed by atoms with van der Waals surface area (Å²) in [6, 6.07) is 10.2. The maximum absolute atomic E-state index is 5.52. The molecule has 0 aliphatic carbocycles. The number of aryl methyl sites for hydroxylation is 1. The molecule has 2 aromatic rings. The Morgan fingerprint density at radius 3 is 2.19 bits per heavy atom. The molecule has 2 N–H and O–H groups in total. The van der Waals surface area contributed by atoms with Crippen LogP contribution in [0.1, 0.15) is 5.56 Å². The molecule has 0 aliphatic rings. The second kappa shape index (κ2) is 6.53. The van der Waals surface area contributed by atoms with E-state index in [1.165, 1.54) is 0 Å². The summed E-state index contributed by atoms with van der Waals surface area (Å²) < 4.78 is 1.80. The van der Waals surface area contributed by atoms with E-state index in [0.717, 1.165) is 16.8 Å². The highest BCUT2D eigenvalue weighted by Gasteiger charge is 1.99. The van der Waals surface area contributed by atoms with E-state index < -0.39 is 0 Å². The lowest BCUT2D eigenvalue weighted by atomic mass is 10.1. The minimum atomic E-state index is 0. The number of halogens is 2. The van der Waals surface area contributed by atoms with Crippen molar-refractivity contribution in [3.63, 3.8) is 0 Å². The van der Waals surface area contributed by atoms with Gasteiger partial charge in [0.05, 0.1) is 5.69 Å². The second-order valence-corrected chi connectivity index (χ2v) is 3.28. The predicted octanol–water partition coefficient (Wildman–Crippen LogP) is 2.39. The Balaban J connectivity index is 0.00000112. The molecule has 0 fully saturated rings. The molecule has 0 amide bonds. The molecule has 1 heterocycles. The van der Waals surface area contributed by atoms with Gasteiger partial charge in [0.1, 0.15) is 0 Å². The fourth-order valence-electron chi connectivity index (χ4n) is 1.38. The first-order valence-electron chi connectivity index (χ1n) is 4.58. The van der Waals surface area contributed by atoms with Crippen LogP contribution >= 0.6 is 24.8 Å². The minimum absolute atomic E-state index is 0. The van der Waals surface area contributed by atoms with Crippen molar-refractivity contribution in [3.05, 3.63) is 42.1 Å². The van der Waals surface area contributed by atoms with Gasteiger partial charge in [0.15, 0.2) is 0 Å². The first-order chi connectivity index (χ1) is 6.79. The Kier molecular flexibility index (Phi) is 6.11. The zero-order valence-electron chi connectivity index (χ0n) is 8.96. The quantitative estimate of drug-likeness (QED) is 0.901. The van der Waals surface area contributed by atoms with Crippen molar-refractivity contribution >= 4 is 24.8 Å². The van der Waals surface area contributed by atoms with Crippen molar-refractivity contribution in [1.29, 1.82) is 0 Å². The fraction of sp³-hybridized carbons (Fsp3) is 0.182. The summed E-state index contributed by atoms with van der Waals surface area (Å²) in [6.07, 6.45) is 1.94. The van der Waals surface area contributed by atoms with Gasteiger partial charge in [-0.05, 0) is 11.6 Å². The molecule has 1 aromatic heterocycles. The Morgan fingerprint density at radius 2 is 1.75 bits per heavy atom. The molecule has 0 unspecified atom stereocenters. The Bertz CT molecular complexity index is 423. The number of hydrogen-bond acceptors (Lipinski definition) is 2. The first-order valence-corrected chi connectivity index (χ1v) is 4.58. The summed E-state index contributed by atoms with van der Waals surface area (Å²) >= 11 is 0. The average molecular weight is 260 g/mol. The summed E-state index contributed by atoms with van der Waals surface area (Å²) in [5.74, 6) is 0. The Hall–Kier alpha value is -1.03. The summed E-state index contributed by atoms with van der Waals surface area (Å²) in [7, 11) is 1.91. The van der Waals surface area contributed by atoms with Crippen LogP contribution in [0, 0.1) is 0 Å². The van der Waals surface area contributed by atoms with Crippen LogP contribution in [0.3, 0.4) is 0 Å². The second-order valence-electron chi connectivity index (χ2n) is 3.28. The third-order valence-electron chi connectivity index (χ3n) is 2.20. The lowest BCUT2D eigenvalue weighted by Crippen LogP contribution is -1.95. The van der Waals surface area contributed by atoms with Crippen molar-refractivity contribution in [2.45, 2.75) is 6.54 Å². The van der Waals surface area contributed by atoms with Gasteiger partial charge in [-0.1, -0.05) is 24.3 Å². The SMILES string of the molecule is Cl.Cl.Cn1ccc(-c2ccc(CN)cc2)n1. The smallest absolute Gasteiger partial charge is 0.0923 e. The summed E-state index contributed by atoms with van der Waals surface area (Å²) in [6.45, 7) is 0.586. The highest BCUT2D eigenvalue weighted by Crippen LogP contribution is 2.16. The van der Waals surface area contributed by atoms with Crippen molar-refractivity contribution < 1.29 is 0 Å². The Morgan fingerprint density at radius 1 is 1.12 bits per heavy atom. The maximum Gasteiger partial charge on any atom is 0.0923 e. The van der Waals surface area contributed by atoms with E-state index >= 15 is 0 Å². The van der Waals surface area contributed by atoms with E-state index in [2.05, 4.69) is 5.10 Å². The highest BCUT2D eigenvalue weighted by atomic mass is 35.5. The molecular formula is C11H15Cl2N3. The molecule has 0 radical (unpaired) electrons. The van der Waals surface area contributed by atoms with Crippen LogP contribution in [0.2, 0.25) is 0 Å². The third-order valence-corrected chi connectivity index (χ3v) is 2.20. The molecule has 1 aromatic carbocycles. The van der Waals surface area contributed by atoms with Gasteiger partial charge in [0.2, 0.25) is 0 Å². The first kappa shape index (κ1) is 15.0. The van der Waals surface area contributed by atoms with Crippen LogP contribution in [0.25, 0.3) is 11.3 Å². The standard InChI is InChI=1S/C11H13N3.2ClH/c1-14-7-6-11(13-14)10-4-2-9(8-12)3-5-10;;/h2-7H,8,12H2,1H3;2*1H. The summed E-state index contributed by atoms with van der Waals surface area (Å²) in [4.78, 5) is 0. The molecule has 88 valence electrons. The van der Waals surface area contributed by atoms with Gasteiger partial charge in [-0.25, -0.2) is 0 Å². The molecule has 0 saturated heterocycles. The topological polar surface area (TPSA) is 43.8 Å². The van der Waals surface area contributed by atoms with E-state index in [0.29, 0.717) is 6.54 Å². The summed E-state index contributed by atoms with van der Waals surface area (Å²) in [5.41, 5.74) is 8.79. The number of benzene rings is 1. The molecule has 0 spiro atoms. The van der Waals surface area contributed by atoms with E-state index in [1.54, 1.807) is 4.68 Å². The van der Waals surface area contributed by atoms with Gasteiger partial charge in [0, 0.05) is 25.4 Å². The van der Waals surface area contributed by atoms with Crippen molar-refractivity contribution in [2.75, 3.05) is 0 Å². The normalized spacial score (nSPS) is 9.12. The molecule has 16 heavy (non-hydrogen) atoms. The largest absolute Gasteiger partial charge is 0.326 e. The predicted molar refractivity (Wildman–Crippen MR) is 71.0 cm³/mol. The summed E-state index contributed by atoms with van der Waals surface area (Å²) in [5, 5.41) is 4.32. The number of hydrogen-bond donors (Lipinski definition) is 1. The molecular weight excluding hydrogens is 245 g/mol. The van der Waals surface area contributed by atoms with E-state index in [9.17, 15) is 0 Å². The monoisotopic (exact) mass is 259 g/mol. The van der Waals surface area contributed by atoms with Crippen molar-refractivity contribution in [1.82, 2.24) is 9.78 Å². The van der Waals surface area contributed by atoms with Crippen LogP contribution in [-0.4, -0.2) is 9.78 Å². The number of nitrogens with two attached hydrogens (primary N) is 1. The number of nitrogens with zero attached hydrogens (tertiary/aromatic N) is 2. The zero-order valence-corrected chi connectivity index (χ0v) is 10.6. The Labute approximate surface area is 107 Å². The lowest BCUT2D eigenvalue weighted by molar-refractivity contribution is 0.771. The van der Waals surface area contributed by atoms with Crippen LogP contribution in [0.5, 0.6) is 0 Å².